The number of fused-ring (bicyclic) bond motifs is 1. The summed E-state index contributed by atoms with van der Waals surface area (Å²) in [7, 11) is 1.46. The van der Waals surface area contributed by atoms with Crippen molar-refractivity contribution in [3.05, 3.63) is 79.2 Å². The highest BCUT2D eigenvalue weighted by atomic mass is 32.1. The van der Waals surface area contributed by atoms with Gasteiger partial charge in [0.1, 0.15) is 17.0 Å². The number of methoxy groups -OCH3 is 1. The van der Waals surface area contributed by atoms with Gasteiger partial charge < -0.3 is 9.47 Å². The van der Waals surface area contributed by atoms with E-state index in [1.165, 1.54) is 35.2 Å². The summed E-state index contributed by atoms with van der Waals surface area (Å²) >= 11 is 1.46. The number of nitrogens with zero attached hydrogens (tertiary/aromatic N) is 6. The Balaban J connectivity index is 1.36. The molecule has 3 atom stereocenters. The fourth-order valence-corrected chi connectivity index (χ4v) is 5.79. The molecular formula is C28H25F3N6O3S. The molecule has 6 rings (SSSR count). The molecule has 0 spiro atoms. The van der Waals surface area contributed by atoms with Crippen molar-refractivity contribution in [2.75, 3.05) is 13.7 Å². The van der Waals surface area contributed by atoms with Gasteiger partial charge in [-0.05, 0) is 50.8 Å². The predicted octanol–water partition coefficient (Wildman–Crippen LogP) is 5.42. The summed E-state index contributed by atoms with van der Waals surface area (Å²) in [5.74, 6) is 0.437. The van der Waals surface area contributed by atoms with E-state index in [9.17, 15) is 18.0 Å². The number of ether oxygens (including phenoxy) is 2. The van der Waals surface area contributed by atoms with Crippen LogP contribution in [0.3, 0.4) is 0 Å². The van der Waals surface area contributed by atoms with Crippen molar-refractivity contribution in [2.24, 2.45) is 0 Å². The number of alkyl halides is 3. The Hall–Kier alpha value is -3.93. The topological polar surface area (TPSA) is 105 Å². The van der Waals surface area contributed by atoms with Crippen LogP contribution in [-0.2, 0) is 4.74 Å². The maximum absolute atomic E-state index is 13.4. The maximum atomic E-state index is 13.4. The second-order valence-electron chi connectivity index (χ2n) is 10.0. The van der Waals surface area contributed by atoms with Crippen molar-refractivity contribution in [3.63, 3.8) is 0 Å². The molecule has 0 radical (unpaired) electrons. The normalized spacial score (nSPS) is 20.9. The molecular weight excluding hydrogens is 557 g/mol. The largest absolute Gasteiger partial charge is 0.480 e. The third-order valence-electron chi connectivity index (χ3n) is 7.28. The van der Waals surface area contributed by atoms with Crippen LogP contribution in [-0.4, -0.2) is 49.4 Å². The monoisotopic (exact) mass is 582 g/mol. The van der Waals surface area contributed by atoms with Crippen molar-refractivity contribution in [1.29, 1.82) is 0 Å². The number of aromatic nitrogens is 6. The van der Waals surface area contributed by atoms with E-state index in [4.69, 9.17) is 19.4 Å². The highest BCUT2D eigenvalue weighted by molar-refractivity contribution is 7.09. The lowest BCUT2D eigenvalue weighted by atomic mass is 9.91. The fraction of sp³-hybridized carbons (Fsp3) is 0.393. The molecule has 2 aliphatic rings. The second kappa shape index (κ2) is 10.5. The first kappa shape index (κ1) is 27.3. The first-order chi connectivity index (χ1) is 19.6. The molecule has 0 saturated carbocycles. The smallest absolute Gasteiger partial charge is 0.419 e. The zero-order chi connectivity index (χ0) is 28.9. The maximum Gasteiger partial charge on any atom is 0.419 e. The van der Waals surface area contributed by atoms with Gasteiger partial charge in [-0.2, -0.15) is 13.2 Å². The molecule has 5 heterocycles. The molecule has 1 unspecified atom stereocenters. The summed E-state index contributed by atoms with van der Waals surface area (Å²) in [6.07, 6.45) is -0.865. The quantitative estimate of drug-likeness (QED) is 0.288. The van der Waals surface area contributed by atoms with Gasteiger partial charge in [0.05, 0.1) is 29.5 Å². The highest BCUT2D eigenvalue weighted by Crippen LogP contribution is 2.41. The molecule has 13 heteroatoms. The van der Waals surface area contributed by atoms with E-state index >= 15 is 0 Å². The van der Waals surface area contributed by atoms with Crippen LogP contribution in [0.4, 0.5) is 13.2 Å². The number of rotatable bonds is 5. The van der Waals surface area contributed by atoms with Crippen molar-refractivity contribution >= 4 is 22.5 Å². The van der Waals surface area contributed by atoms with Crippen LogP contribution >= 0.6 is 11.3 Å². The van der Waals surface area contributed by atoms with Gasteiger partial charge in [-0.3, -0.25) is 9.36 Å². The number of thiazole rings is 1. The predicted molar refractivity (Wildman–Crippen MR) is 145 cm³/mol. The average Bonchev–Trinajstić information content (AvgIpc) is 3.62. The zero-order valence-corrected chi connectivity index (χ0v) is 23.2. The molecule has 1 aliphatic carbocycles. The van der Waals surface area contributed by atoms with Crippen LogP contribution in [0.1, 0.15) is 65.0 Å². The van der Waals surface area contributed by atoms with Crippen LogP contribution in [0.25, 0.3) is 17.0 Å². The number of pyridine rings is 1. The Labute approximate surface area is 236 Å². The SMILES string of the molecule is COc1nc2c(C3C=C=C(C(F)(F)F)C3)nc([C@H]3CCO[C@@H](c4ccc(=O)n(-c5csc(C)n5)c4)C3)nc2nc1C. The summed E-state index contributed by atoms with van der Waals surface area (Å²) in [5, 5.41) is 2.67. The zero-order valence-electron chi connectivity index (χ0n) is 22.4. The number of hydrogen-bond donors (Lipinski definition) is 0. The number of hydrogen-bond acceptors (Lipinski definition) is 9. The van der Waals surface area contributed by atoms with Gasteiger partial charge in [-0.25, -0.2) is 24.9 Å². The molecule has 0 aromatic carbocycles. The summed E-state index contributed by atoms with van der Waals surface area (Å²) in [6, 6.07) is 3.23. The standard InChI is InChI=1S/C28H25F3N6O3S/c1-14-27(39-3)35-24-23(16-4-6-19(10-16)28(29,30)31)34-25(36-26(24)32-14)17-8-9-40-20(11-17)18-5-7-22(38)37(12-18)21-13-41-15(2)33-21/h4-5,7,12-13,16-17,20H,8-11H2,1-3H3/t16?,17-,20+/m0/s1. The van der Waals surface area contributed by atoms with Crippen LogP contribution in [0.5, 0.6) is 5.88 Å². The Morgan fingerprint density at radius 3 is 2.68 bits per heavy atom. The Bertz CT molecular complexity index is 1780. The van der Waals surface area contributed by atoms with Crippen molar-refractivity contribution in [2.45, 2.75) is 57.2 Å². The second-order valence-corrected chi connectivity index (χ2v) is 11.1. The molecule has 4 aromatic rings. The number of halogens is 3. The van der Waals surface area contributed by atoms with E-state index in [1.807, 2.05) is 12.3 Å². The Morgan fingerprint density at radius 1 is 1.15 bits per heavy atom. The van der Waals surface area contributed by atoms with Gasteiger partial charge >= 0.3 is 6.18 Å². The molecule has 1 saturated heterocycles. The van der Waals surface area contributed by atoms with E-state index in [-0.39, 0.29) is 29.9 Å². The van der Waals surface area contributed by atoms with Gasteiger partial charge in [0, 0.05) is 36.1 Å². The average molecular weight is 583 g/mol. The van der Waals surface area contributed by atoms with Gasteiger partial charge in [0.15, 0.2) is 11.5 Å². The molecule has 4 aromatic heterocycles. The van der Waals surface area contributed by atoms with E-state index in [2.05, 4.69) is 20.7 Å². The molecule has 0 bridgehead atoms. The minimum atomic E-state index is -4.47. The fourth-order valence-electron chi connectivity index (χ4n) is 5.20. The van der Waals surface area contributed by atoms with Gasteiger partial charge in [0.2, 0.25) is 5.88 Å². The van der Waals surface area contributed by atoms with Crippen molar-refractivity contribution in [1.82, 2.24) is 29.5 Å². The van der Waals surface area contributed by atoms with E-state index in [1.54, 1.807) is 19.2 Å². The van der Waals surface area contributed by atoms with Crippen LogP contribution in [0.15, 0.2) is 45.9 Å². The summed E-state index contributed by atoms with van der Waals surface area (Å²) in [5.41, 5.74) is 3.72. The molecule has 41 heavy (non-hydrogen) atoms. The molecule has 1 aliphatic heterocycles. The van der Waals surface area contributed by atoms with Crippen LogP contribution in [0, 0.1) is 13.8 Å². The van der Waals surface area contributed by atoms with E-state index in [0.29, 0.717) is 53.6 Å². The van der Waals surface area contributed by atoms with Crippen LogP contribution < -0.4 is 10.3 Å². The Morgan fingerprint density at radius 2 is 1.98 bits per heavy atom. The number of allylic oxidation sites excluding steroid dienone is 1. The van der Waals surface area contributed by atoms with Crippen molar-refractivity contribution < 1.29 is 22.6 Å². The minimum Gasteiger partial charge on any atom is -0.480 e. The van der Waals surface area contributed by atoms with Gasteiger partial charge in [0.25, 0.3) is 5.56 Å². The molecule has 9 nitrogen and oxygen atoms in total. The Kier molecular flexibility index (Phi) is 6.96. The summed E-state index contributed by atoms with van der Waals surface area (Å²) in [4.78, 5) is 35.6. The van der Waals surface area contributed by atoms with E-state index in [0.717, 1.165) is 10.6 Å². The third kappa shape index (κ3) is 5.28. The highest BCUT2D eigenvalue weighted by Gasteiger charge is 2.38. The van der Waals surface area contributed by atoms with Gasteiger partial charge in [-0.1, -0.05) is 0 Å². The molecule has 212 valence electrons. The summed E-state index contributed by atoms with van der Waals surface area (Å²) < 4.78 is 53.2. The van der Waals surface area contributed by atoms with E-state index < -0.39 is 17.7 Å². The first-order valence-corrected chi connectivity index (χ1v) is 13.9. The molecule has 0 N–H and O–H groups in total. The third-order valence-corrected chi connectivity index (χ3v) is 8.05. The van der Waals surface area contributed by atoms with Crippen molar-refractivity contribution in [3.8, 4) is 11.7 Å². The molecule has 1 fully saturated rings. The lowest BCUT2D eigenvalue weighted by Crippen LogP contribution is -2.24. The first-order valence-electron chi connectivity index (χ1n) is 13.0. The lowest BCUT2D eigenvalue weighted by molar-refractivity contribution is -0.0934. The molecule has 0 amide bonds. The van der Waals surface area contributed by atoms with Crippen LogP contribution in [0.2, 0.25) is 0 Å². The summed E-state index contributed by atoms with van der Waals surface area (Å²) in [6.45, 7) is 4.02. The lowest BCUT2D eigenvalue weighted by Gasteiger charge is -2.29. The number of aryl methyl sites for hydroxylation is 2. The minimum absolute atomic E-state index is 0.163. The van der Waals surface area contributed by atoms with Gasteiger partial charge in [-0.15, -0.1) is 17.1 Å².